The molecule has 30 heavy (non-hydrogen) atoms. The highest BCUT2D eigenvalue weighted by atomic mass is 32.2. The van der Waals surface area contributed by atoms with E-state index in [-0.39, 0.29) is 16.3 Å². The van der Waals surface area contributed by atoms with Gasteiger partial charge in [0.2, 0.25) is 0 Å². The number of nitrogens with one attached hydrogen (secondary N) is 1. The molecule has 160 valence electrons. The molecule has 0 radical (unpaired) electrons. The third kappa shape index (κ3) is 4.06. The van der Waals surface area contributed by atoms with E-state index >= 15 is 0 Å². The van der Waals surface area contributed by atoms with Crippen molar-refractivity contribution in [3.8, 4) is 17.2 Å². The molecular formula is C21H25N3O5S. The van der Waals surface area contributed by atoms with Crippen LogP contribution in [0.1, 0.15) is 19.5 Å². The molecule has 0 spiro atoms. The minimum absolute atomic E-state index is 0.0226. The van der Waals surface area contributed by atoms with Crippen molar-refractivity contribution in [1.29, 1.82) is 0 Å². The second-order valence-electron chi connectivity index (χ2n) is 6.52. The zero-order valence-electron chi connectivity index (χ0n) is 17.4. The summed E-state index contributed by atoms with van der Waals surface area (Å²) >= 11 is 0. The van der Waals surface area contributed by atoms with E-state index in [1.54, 1.807) is 49.8 Å². The molecule has 0 saturated carbocycles. The molecule has 0 amide bonds. The average Bonchev–Trinajstić information content (AvgIpc) is 2.93. The van der Waals surface area contributed by atoms with Crippen LogP contribution in [0, 0.1) is 6.92 Å². The predicted octanol–water partition coefficient (Wildman–Crippen LogP) is 3.08. The molecule has 1 N–H and O–H groups in total. The number of rotatable bonds is 8. The van der Waals surface area contributed by atoms with E-state index in [0.29, 0.717) is 30.3 Å². The molecule has 0 unspecified atom stereocenters. The molecule has 9 heteroatoms. The fraction of sp³-hybridized carbons (Fsp3) is 0.286. The van der Waals surface area contributed by atoms with Crippen molar-refractivity contribution in [2.45, 2.75) is 25.7 Å². The standard InChI is InChI=1S/C21H25N3O5S/c1-5-28-17-12-13-18(29-6-2)19(14-17)30(26,27)22-20-15(3)23(4)24(21(20)25)16-10-8-7-9-11-16/h7-14,22H,5-6H2,1-4H3. The topological polar surface area (TPSA) is 91.6 Å². The normalized spacial score (nSPS) is 11.3. The minimum Gasteiger partial charge on any atom is -0.494 e. The maximum absolute atomic E-state index is 13.2. The summed E-state index contributed by atoms with van der Waals surface area (Å²) in [5.74, 6) is 0.582. The fourth-order valence-corrected chi connectivity index (χ4v) is 4.38. The van der Waals surface area contributed by atoms with Crippen LogP contribution in [0.4, 0.5) is 5.69 Å². The number of ether oxygens (including phenoxy) is 2. The van der Waals surface area contributed by atoms with Crippen LogP contribution < -0.4 is 19.8 Å². The van der Waals surface area contributed by atoms with Crippen LogP contribution >= 0.6 is 0 Å². The molecule has 8 nitrogen and oxygen atoms in total. The minimum atomic E-state index is -4.12. The quantitative estimate of drug-likeness (QED) is 0.592. The smallest absolute Gasteiger partial charge is 0.296 e. The number of hydrogen-bond donors (Lipinski definition) is 1. The molecule has 3 rings (SSSR count). The van der Waals surface area contributed by atoms with Gasteiger partial charge < -0.3 is 9.47 Å². The van der Waals surface area contributed by atoms with E-state index in [2.05, 4.69) is 4.72 Å². The van der Waals surface area contributed by atoms with Crippen LogP contribution in [0.5, 0.6) is 11.5 Å². The lowest BCUT2D eigenvalue weighted by molar-refractivity contribution is 0.322. The summed E-state index contributed by atoms with van der Waals surface area (Å²) in [5.41, 5.74) is 0.618. The Balaban J connectivity index is 2.09. The van der Waals surface area contributed by atoms with E-state index in [9.17, 15) is 13.2 Å². The third-order valence-electron chi connectivity index (χ3n) is 4.61. The van der Waals surface area contributed by atoms with Gasteiger partial charge in [-0.25, -0.2) is 13.1 Å². The molecule has 1 aromatic heterocycles. The van der Waals surface area contributed by atoms with Gasteiger partial charge in [-0.1, -0.05) is 18.2 Å². The first-order valence-electron chi connectivity index (χ1n) is 9.56. The van der Waals surface area contributed by atoms with E-state index in [1.807, 2.05) is 25.1 Å². The molecule has 0 fully saturated rings. The Kier molecular flexibility index (Phi) is 6.21. The van der Waals surface area contributed by atoms with Crippen LogP contribution in [-0.4, -0.2) is 31.0 Å². The van der Waals surface area contributed by atoms with Crippen LogP contribution in [-0.2, 0) is 17.1 Å². The van der Waals surface area contributed by atoms with Crippen molar-refractivity contribution >= 4 is 15.7 Å². The van der Waals surface area contributed by atoms with Crippen molar-refractivity contribution < 1.29 is 17.9 Å². The Labute approximate surface area is 175 Å². The maximum atomic E-state index is 13.2. The number of anilines is 1. The SMILES string of the molecule is CCOc1ccc(OCC)c(S(=O)(=O)Nc2c(C)n(C)n(-c3ccccc3)c2=O)c1. The number of nitrogens with zero attached hydrogens (tertiary/aromatic N) is 2. The van der Waals surface area contributed by atoms with Crippen molar-refractivity contribution in [2.24, 2.45) is 7.05 Å². The summed E-state index contributed by atoms with van der Waals surface area (Å²) in [7, 11) is -2.42. The molecule has 0 atom stereocenters. The number of hydrogen-bond acceptors (Lipinski definition) is 5. The first-order valence-corrected chi connectivity index (χ1v) is 11.0. The van der Waals surface area contributed by atoms with Gasteiger partial charge in [0.1, 0.15) is 22.1 Å². The molecule has 0 aliphatic carbocycles. The zero-order valence-corrected chi connectivity index (χ0v) is 18.2. The number of benzene rings is 2. The maximum Gasteiger partial charge on any atom is 0.296 e. The first-order chi connectivity index (χ1) is 14.3. The number of para-hydroxylation sites is 1. The van der Waals surface area contributed by atoms with Crippen LogP contribution in [0.2, 0.25) is 0 Å². The van der Waals surface area contributed by atoms with Crippen LogP contribution in [0.3, 0.4) is 0 Å². The third-order valence-corrected chi connectivity index (χ3v) is 5.98. The highest BCUT2D eigenvalue weighted by Crippen LogP contribution is 2.30. The molecule has 1 heterocycles. The lowest BCUT2D eigenvalue weighted by atomic mass is 10.3. The van der Waals surface area contributed by atoms with Gasteiger partial charge in [0, 0.05) is 13.1 Å². The Morgan fingerprint density at radius 1 is 1.00 bits per heavy atom. The highest BCUT2D eigenvalue weighted by Gasteiger charge is 2.26. The molecular weight excluding hydrogens is 406 g/mol. The molecule has 2 aromatic carbocycles. The van der Waals surface area contributed by atoms with Gasteiger partial charge in [-0.15, -0.1) is 0 Å². The summed E-state index contributed by atoms with van der Waals surface area (Å²) in [6.07, 6.45) is 0. The molecule has 3 aromatic rings. The monoisotopic (exact) mass is 431 g/mol. The second kappa shape index (κ2) is 8.66. The first kappa shape index (κ1) is 21.5. The van der Waals surface area contributed by atoms with Gasteiger partial charge in [-0.2, -0.15) is 0 Å². The largest absolute Gasteiger partial charge is 0.494 e. The predicted molar refractivity (Wildman–Crippen MR) is 115 cm³/mol. The van der Waals surface area contributed by atoms with Crippen molar-refractivity contribution in [2.75, 3.05) is 17.9 Å². The van der Waals surface area contributed by atoms with Gasteiger partial charge in [0.25, 0.3) is 15.6 Å². The highest BCUT2D eigenvalue weighted by molar-refractivity contribution is 7.92. The lowest BCUT2D eigenvalue weighted by Gasteiger charge is -2.13. The second-order valence-corrected chi connectivity index (χ2v) is 8.17. The van der Waals surface area contributed by atoms with Gasteiger partial charge in [-0.05, 0) is 45.0 Å². The van der Waals surface area contributed by atoms with E-state index in [1.165, 1.54) is 10.7 Å². The van der Waals surface area contributed by atoms with Crippen molar-refractivity contribution in [3.05, 3.63) is 64.6 Å². The van der Waals surface area contributed by atoms with Crippen LogP contribution in [0.15, 0.2) is 58.2 Å². The Hall–Kier alpha value is -3.20. The summed E-state index contributed by atoms with van der Waals surface area (Å²) in [6.45, 7) is 5.93. The molecule has 0 aliphatic heterocycles. The Morgan fingerprint density at radius 3 is 2.30 bits per heavy atom. The summed E-state index contributed by atoms with van der Waals surface area (Å²) < 4.78 is 42.8. The summed E-state index contributed by atoms with van der Waals surface area (Å²) in [6, 6.07) is 13.6. The van der Waals surface area contributed by atoms with Gasteiger partial charge in [0.15, 0.2) is 0 Å². The molecule has 0 saturated heterocycles. The fourth-order valence-electron chi connectivity index (χ4n) is 3.10. The van der Waals surface area contributed by atoms with E-state index in [0.717, 1.165) is 0 Å². The van der Waals surface area contributed by atoms with Gasteiger partial charge >= 0.3 is 0 Å². The number of aromatic nitrogens is 2. The average molecular weight is 432 g/mol. The van der Waals surface area contributed by atoms with Crippen molar-refractivity contribution in [3.63, 3.8) is 0 Å². The molecule has 0 bridgehead atoms. The Bertz CT molecular complexity index is 1200. The van der Waals surface area contributed by atoms with Crippen molar-refractivity contribution in [1.82, 2.24) is 9.36 Å². The number of sulfonamides is 1. The summed E-state index contributed by atoms with van der Waals surface area (Å²) in [5, 5.41) is 0. The zero-order chi connectivity index (χ0) is 21.9. The Morgan fingerprint density at radius 2 is 1.67 bits per heavy atom. The summed E-state index contributed by atoms with van der Waals surface area (Å²) in [4.78, 5) is 13.0. The molecule has 0 aliphatic rings. The lowest BCUT2D eigenvalue weighted by Crippen LogP contribution is -2.23. The van der Waals surface area contributed by atoms with Gasteiger partial charge in [0.05, 0.1) is 24.6 Å². The van der Waals surface area contributed by atoms with E-state index < -0.39 is 15.6 Å². The van der Waals surface area contributed by atoms with Gasteiger partial charge in [-0.3, -0.25) is 14.2 Å². The van der Waals surface area contributed by atoms with Crippen LogP contribution in [0.25, 0.3) is 5.69 Å². The van der Waals surface area contributed by atoms with E-state index in [4.69, 9.17) is 9.47 Å².